The molecular formula is C13H21N3O2S. The van der Waals surface area contributed by atoms with Crippen LogP contribution in [0.3, 0.4) is 0 Å². The number of carbonyl (C=O) groups excluding carboxylic acids is 1. The fraction of sp³-hybridized carbons (Fsp3) is 0.692. The van der Waals surface area contributed by atoms with Crippen molar-refractivity contribution in [3.8, 4) is 0 Å². The number of rotatable bonds is 4. The third-order valence-corrected chi connectivity index (χ3v) is 4.52. The van der Waals surface area contributed by atoms with E-state index in [0.717, 1.165) is 24.4 Å². The van der Waals surface area contributed by atoms with Gasteiger partial charge in [0.1, 0.15) is 5.69 Å². The van der Waals surface area contributed by atoms with Gasteiger partial charge in [-0.25, -0.2) is 4.98 Å². The molecule has 1 aromatic heterocycles. The molecule has 0 aromatic carbocycles. The lowest BCUT2D eigenvalue weighted by atomic mass is 9.95. The molecule has 2 heterocycles. The Morgan fingerprint density at radius 3 is 3.16 bits per heavy atom. The summed E-state index contributed by atoms with van der Waals surface area (Å²) in [5.41, 5.74) is 6.03. The average molecular weight is 283 g/mol. The Balaban J connectivity index is 2.02. The molecule has 0 spiro atoms. The number of nitrogens with zero attached hydrogens (tertiary/aromatic N) is 2. The highest BCUT2D eigenvalue weighted by atomic mass is 32.1. The van der Waals surface area contributed by atoms with Gasteiger partial charge in [0.2, 0.25) is 0 Å². The zero-order valence-corrected chi connectivity index (χ0v) is 12.3. The van der Waals surface area contributed by atoms with Crippen LogP contribution in [-0.2, 0) is 11.2 Å². The first-order valence-electron chi connectivity index (χ1n) is 6.62. The smallest absolute Gasteiger partial charge is 0.273 e. The number of carbonyl (C=O) groups is 1. The van der Waals surface area contributed by atoms with Gasteiger partial charge in [0, 0.05) is 32.0 Å². The molecule has 6 heteroatoms. The SMILES string of the molecule is COC1CN(C(=O)c2csc(CCN)n2)CCC1C. The number of nitrogens with two attached hydrogens (primary N) is 1. The Morgan fingerprint density at radius 2 is 2.47 bits per heavy atom. The molecule has 1 fully saturated rings. The fourth-order valence-electron chi connectivity index (χ4n) is 2.33. The Labute approximate surface area is 117 Å². The molecule has 1 aromatic rings. The second kappa shape index (κ2) is 6.45. The van der Waals surface area contributed by atoms with Crippen molar-refractivity contribution in [3.63, 3.8) is 0 Å². The van der Waals surface area contributed by atoms with Crippen molar-refractivity contribution in [2.75, 3.05) is 26.7 Å². The monoisotopic (exact) mass is 283 g/mol. The quantitative estimate of drug-likeness (QED) is 0.900. The molecule has 2 rings (SSSR count). The van der Waals surface area contributed by atoms with E-state index in [1.807, 2.05) is 10.3 Å². The van der Waals surface area contributed by atoms with E-state index in [9.17, 15) is 4.79 Å². The molecule has 1 saturated heterocycles. The van der Waals surface area contributed by atoms with Crippen molar-refractivity contribution in [3.05, 3.63) is 16.1 Å². The van der Waals surface area contributed by atoms with Gasteiger partial charge in [0.25, 0.3) is 5.91 Å². The van der Waals surface area contributed by atoms with Gasteiger partial charge in [0.05, 0.1) is 11.1 Å². The number of aromatic nitrogens is 1. The molecule has 106 valence electrons. The van der Waals surface area contributed by atoms with Crippen LogP contribution < -0.4 is 5.73 Å². The first-order valence-corrected chi connectivity index (χ1v) is 7.50. The summed E-state index contributed by atoms with van der Waals surface area (Å²) in [4.78, 5) is 18.6. The molecule has 19 heavy (non-hydrogen) atoms. The molecule has 1 aliphatic heterocycles. The van der Waals surface area contributed by atoms with Crippen LogP contribution in [-0.4, -0.2) is 48.6 Å². The maximum Gasteiger partial charge on any atom is 0.273 e. The van der Waals surface area contributed by atoms with E-state index >= 15 is 0 Å². The van der Waals surface area contributed by atoms with Gasteiger partial charge in [-0.05, 0) is 18.9 Å². The normalized spacial score (nSPS) is 23.6. The van der Waals surface area contributed by atoms with Crippen LogP contribution in [0.25, 0.3) is 0 Å². The summed E-state index contributed by atoms with van der Waals surface area (Å²) < 4.78 is 5.44. The van der Waals surface area contributed by atoms with Crippen LogP contribution in [0.5, 0.6) is 0 Å². The maximum atomic E-state index is 12.4. The van der Waals surface area contributed by atoms with Crippen LogP contribution in [0.1, 0.15) is 28.8 Å². The van der Waals surface area contributed by atoms with Crippen LogP contribution in [0, 0.1) is 5.92 Å². The molecule has 0 bridgehead atoms. The molecule has 0 aliphatic carbocycles. The van der Waals surface area contributed by atoms with E-state index in [4.69, 9.17) is 10.5 Å². The lowest BCUT2D eigenvalue weighted by molar-refractivity contribution is -0.00175. The molecule has 1 amide bonds. The highest BCUT2D eigenvalue weighted by Gasteiger charge is 2.30. The van der Waals surface area contributed by atoms with Crippen LogP contribution in [0.4, 0.5) is 0 Å². The minimum atomic E-state index is 0.00784. The zero-order valence-electron chi connectivity index (χ0n) is 11.5. The molecule has 0 radical (unpaired) electrons. The molecule has 5 nitrogen and oxygen atoms in total. The number of likely N-dealkylation sites (tertiary alicyclic amines) is 1. The van der Waals surface area contributed by atoms with Crippen LogP contribution in [0.15, 0.2) is 5.38 Å². The van der Waals surface area contributed by atoms with Crippen LogP contribution in [0.2, 0.25) is 0 Å². The van der Waals surface area contributed by atoms with E-state index in [1.165, 1.54) is 11.3 Å². The maximum absolute atomic E-state index is 12.4. The minimum absolute atomic E-state index is 0.00784. The van der Waals surface area contributed by atoms with Crippen molar-refractivity contribution in [2.24, 2.45) is 11.7 Å². The van der Waals surface area contributed by atoms with E-state index in [-0.39, 0.29) is 12.0 Å². The first kappa shape index (κ1) is 14.4. The fourth-order valence-corrected chi connectivity index (χ4v) is 3.12. The number of thiazole rings is 1. The van der Waals surface area contributed by atoms with Gasteiger partial charge in [-0.15, -0.1) is 11.3 Å². The Morgan fingerprint density at radius 1 is 1.68 bits per heavy atom. The van der Waals surface area contributed by atoms with Crippen molar-refractivity contribution >= 4 is 17.2 Å². The molecular weight excluding hydrogens is 262 g/mol. The summed E-state index contributed by atoms with van der Waals surface area (Å²) in [6.45, 7) is 4.16. The van der Waals surface area contributed by atoms with Gasteiger partial charge >= 0.3 is 0 Å². The van der Waals surface area contributed by atoms with E-state index < -0.39 is 0 Å². The summed E-state index contributed by atoms with van der Waals surface area (Å²) >= 11 is 1.50. The topological polar surface area (TPSA) is 68.5 Å². The van der Waals surface area contributed by atoms with Crippen LogP contribution >= 0.6 is 11.3 Å². The summed E-state index contributed by atoms with van der Waals surface area (Å²) in [5.74, 6) is 0.505. The summed E-state index contributed by atoms with van der Waals surface area (Å²) in [5, 5.41) is 2.76. The third kappa shape index (κ3) is 3.32. The molecule has 2 unspecified atom stereocenters. The third-order valence-electron chi connectivity index (χ3n) is 3.61. The Kier molecular flexibility index (Phi) is 4.90. The average Bonchev–Trinajstić information content (AvgIpc) is 2.87. The minimum Gasteiger partial charge on any atom is -0.379 e. The second-order valence-corrected chi connectivity index (χ2v) is 5.90. The first-order chi connectivity index (χ1) is 9.15. The number of amides is 1. The standard InChI is InChI=1S/C13H21N3O2S/c1-9-4-6-16(7-11(9)18-2)13(17)10-8-19-12(15-10)3-5-14/h8-9,11H,3-7,14H2,1-2H3. The summed E-state index contributed by atoms with van der Waals surface area (Å²) in [6.07, 6.45) is 1.83. The predicted molar refractivity (Wildman–Crippen MR) is 75.4 cm³/mol. The van der Waals surface area contributed by atoms with E-state index in [1.54, 1.807) is 7.11 Å². The number of piperidine rings is 1. The van der Waals surface area contributed by atoms with Gasteiger partial charge in [-0.3, -0.25) is 4.79 Å². The number of hydrogen-bond donors (Lipinski definition) is 1. The summed E-state index contributed by atoms with van der Waals surface area (Å²) in [7, 11) is 1.71. The molecule has 1 aliphatic rings. The highest BCUT2D eigenvalue weighted by Crippen LogP contribution is 2.21. The van der Waals surface area contributed by atoms with Crippen molar-refractivity contribution in [1.82, 2.24) is 9.88 Å². The van der Waals surface area contributed by atoms with E-state index in [0.29, 0.717) is 24.7 Å². The largest absolute Gasteiger partial charge is 0.379 e. The van der Waals surface area contributed by atoms with Gasteiger partial charge in [0.15, 0.2) is 0 Å². The van der Waals surface area contributed by atoms with Gasteiger partial charge in [-0.1, -0.05) is 6.92 Å². The van der Waals surface area contributed by atoms with E-state index in [2.05, 4.69) is 11.9 Å². The zero-order chi connectivity index (χ0) is 13.8. The van der Waals surface area contributed by atoms with Gasteiger partial charge in [-0.2, -0.15) is 0 Å². The van der Waals surface area contributed by atoms with Crippen molar-refractivity contribution in [1.29, 1.82) is 0 Å². The molecule has 2 N–H and O–H groups in total. The number of methoxy groups -OCH3 is 1. The molecule has 2 atom stereocenters. The Hall–Kier alpha value is -0.980. The summed E-state index contributed by atoms with van der Waals surface area (Å²) in [6, 6.07) is 0. The lowest BCUT2D eigenvalue weighted by Gasteiger charge is -2.35. The second-order valence-electron chi connectivity index (χ2n) is 4.96. The predicted octanol–water partition coefficient (Wildman–Crippen LogP) is 1.14. The Bertz CT molecular complexity index is 435. The molecule has 0 saturated carbocycles. The number of hydrogen-bond acceptors (Lipinski definition) is 5. The number of ether oxygens (including phenoxy) is 1. The highest BCUT2D eigenvalue weighted by molar-refractivity contribution is 7.09. The van der Waals surface area contributed by atoms with Crippen molar-refractivity contribution in [2.45, 2.75) is 25.9 Å². The van der Waals surface area contributed by atoms with Crippen molar-refractivity contribution < 1.29 is 9.53 Å². The van der Waals surface area contributed by atoms with Gasteiger partial charge < -0.3 is 15.4 Å². The lowest BCUT2D eigenvalue weighted by Crippen LogP contribution is -2.46.